The number of rotatable bonds is 5. The number of carboxylic acid groups (broad SMARTS) is 1. The molecule has 0 saturated heterocycles. The number of aliphatic carboxylic acids is 1. The van der Waals surface area contributed by atoms with Crippen LogP contribution in [0.3, 0.4) is 0 Å². The molecule has 3 aromatic rings. The second-order valence-corrected chi connectivity index (χ2v) is 4.68. The summed E-state index contributed by atoms with van der Waals surface area (Å²) < 4.78 is 5.29. The Kier molecular flexibility index (Phi) is 3.55. The van der Waals surface area contributed by atoms with E-state index in [9.17, 15) is 4.79 Å². The molecule has 0 radical (unpaired) electrons. The fourth-order valence-electron chi connectivity index (χ4n) is 2.22. The highest BCUT2D eigenvalue weighted by Crippen LogP contribution is 2.24. The molecule has 5 nitrogen and oxygen atoms in total. The number of hydrogen-bond acceptors (Lipinski definition) is 4. The summed E-state index contributed by atoms with van der Waals surface area (Å²) in [6, 6.07) is 13.1. The summed E-state index contributed by atoms with van der Waals surface area (Å²) in [5.74, 6) is -0.0783. The molecule has 5 heteroatoms. The van der Waals surface area contributed by atoms with Crippen LogP contribution in [0.4, 0.5) is 5.69 Å². The van der Waals surface area contributed by atoms with Gasteiger partial charge in [0.1, 0.15) is 5.76 Å². The van der Waals surface area contributed by atoms with Gasteiger partial charge < -0.3 is 14.8 Å². The highest BCUT2D eigenvalue weighted by molar-refractivity contribution is 5.91. The first-order chi connectivity index (χ1) is 10.2. The van der Waals surface area contributed by atoms with Crippen LogP contribution in [0.1, 0.15) is 11.5 Å². The Morgan fingerprint density at radius 2 is 2.10 bits per heavy atom. The molecule has 0 aliphatic rings. The van der Waals surface area contributed by atoms with E-state index in [2.05, 4.69) is 10.3 Å². The first kappa shape index (κ1) is 13.2. The number of fused-ring (bicyclic) bond motifs is 1. The zero-order chi connectivity index (χ0) is 14.7. The van der Waals surface area contributed by atoms with Gasteiger partial charge in [-0.1, -0.05) is 18.2 Å². The van der Waals surface area contributed by atoms with E-state index >= 15 is 0 Å². The van der Waals surface area contributed by atoms with Crippen molar-refractivity contribution in [3.8, 4) is 0 Å². The smallest absolute Gasteiger partial charge is 0.309 e. The van der Waals surface area contributed by atoms with Crippen LogP contribution in [-0.2, 0) is 17.8 Å². The van der Waals surface area contributed by atoms with Gasteiger partial charge in [-0.2, -0.15) is 0 Å². The summed E-state index contributed by atoms with van der Waals surface area (Å²) in [5.41, 5.74) is 2.16. The topological polar surface area (TPSA) is 75.4 Å². The third-order valence-electron chi connectivity index (χ3n) is 3.13. The lowest BCUT2D eigenvalue weighted by molar-refractivity contribution is -0.136. The minimum Gasteiger partial charge on any atom is -0.481 e. The fourth-order valence-corrected chi connectivity index (χ4v) is 2.22. The molecule has 2 N–H and O–H groups in total. The number of furan rings is 1. The molecular formula is C16H14N2O3. The van der Waals surface area contributed by atoms with Gasteiger partial charge in [0, 0.05) is 11.1 Å². The maximum absolute atomic E-state index is 10.9. The van der Waals surface area contributed by atoms with E-state index < -0.39 is 5.97 Å². The summed E-state index contributed by atoms with van der Waals surface area (Å²) in [7, 11) is 0. The number of benzene rings is 1. The Morgan fingerprint density at radius 3 is 2.86 bits per heavy atom. The molecule has 106 valence electrons. The zero-order valence-electron chi connectivity index (χ0n) is 11.2. The van der Waals surface area contributed by atoms with Crippen LogP contribution < -0.4 is 5.32 Å². The standard InChI is InChI=1S/C16H14N2O3/c19-16(20)9-11-8-15(17-10-12-4-3-7-21-12)13-5-1-2-6-14(13)18-11/h1-8H,9-10H2,(H,17,18)(H,19,20). The van der Waals surface area contributed by atoms with Gasteiger partial charge in [0.25, 0.3) is 0 Å². The molecule has 3 rings (SSSR count). The Morgan fingerprint density at radius 1 is 1.24 bits per heavy atom. The van der Waals surface area contributed by atoms with E-state index in [0.717, 1.165) is 22.4 Å². The molecule has 0 aliphatic heterocycles. The van der Waals surface area contributed by atoms with Gasteiger partial charge in [0.05, 0.1) is 30.4 Å². The summed E-state index contributed by atoms with van der Waals surface area (Å²) in [6.45, 7) is 0.535. The molecule has 0 saturated carbocycles. The fraction of sp³-hybridized carbons (Fsp3) is 0.125. The number of carboxylic acids is 1. The predicted molar refractivity (Wildman–Crippen MR) is 79.1 cm³/mol. The Hall–Kier alpha value is -2.82. The van der Waals surface area contributed by atoms with Crippen molar-refractivity contribution in [2.75, 3.05) is 5.32 Å². The van der Waals surface area contributed by atoms with Crippen LogP contribution in [-0.4, -0.2) is 16.1 Å². The molecule has 2 aromatic heterocycles. The normalized spacial score (nSPS) is 10.7. The van der Waals surface area contributed by atoms with Crippen molar-refractivity contribution in [3.63, 3.8) is 0 Å². The quantitative estimate of drug-likeness (QED) is 0.752. The molecule has 0 fully saturated rings. The number of anilines is 1. The van der Waals surface area contributed by atoms with Crippen LogP contribution in [0.15, 0.2) is 53.1 Å². The van der Waals surface area contributed by atoms with Crippen molar-refractivity contribution in [2.24, 2.45) is 0 Å². The first-order valence-corrected chi connectivity index (χ1v) is 6.59. The van der Waals surface area contributed by atoms with Gasteiger partial charge in [-0.3, -0.25) is 9.78 Å². The molecule has 0 spiro atoms. The largest absolute Gasteiger partial charge is 0.481 e. The highest BCUT2D eigenvalue weighted by atomic mass is 16.4. The summed E-state index contributed by atoms with van der Waals surface area (Å²) in [6.07, 6.45) is 1.53. The van der Waals surface area contributed by atoms with E-state index in [1.54, 1.807) is 12.3 Å². The molecule has 21 heavy (non-hydrogen) atoms. The van der Waals surface area contributed by atoms with Crippen LogP contribution in [0.25, 0.3) is 10.9 Å². The van der Waals surface area contributed by atoms with Crippen LogP contribution in [0, 0.1) is 0 Å². The minimum atomic E-state index is -0.894. The van der Waals surface area contributed by atoms with E-state index in [-0.39, 0.29) is 6.42 Å². The Bertz CT molecular complexity index is 766. The van der Waals surface area contributed by atoms with E-state index in [0.29, 0.717) is 12.2 Å². The molecule has 1 aromatic carbocycles. The Labute approximate surface area is 121 Å². The van der Waals surface area contributed by atoms with Crippen molar-refractivity contribution in [2.45, 2.75) is 13.0 Å². The van der Waals surface area contributed by atoms with Crippen LogP contribution in [0.5, 0.6) is 0 Å². The van der Waals surface area contributed by atoms with Gasteiger partial charge in [-0.25, -0.2) is 0 Å². The third-order valence-corrected chi connectivity index (χ3v) is 3.13. The summed E-state index contributed by atoms with van der Waals surface area (Å²) in [4.78, 5) is 15.3. The molecule has 0 unspecified atom stereocenters. The number of para-hydroxylation sites is 1. The monoisotopic (exact) mass is 282 g/mol. The highest BCUT2D eigenvalue weighted by Gasteiger charge is 2.08. The van der Waals surface area contributed by atoms with Crippen LogP contribution >= 0.6 is 0 Å². The van der Waals surface area contributed by atoms with Gasteiger partial charge in [0.2, 0.25) is 0 Å². The zero-order valence-corrected chi connectivity index (χ0v) is 11.2. The van der Waals surface area contributed by atoms with Gasteiger partial charge in [-0.05, 0) is 24.3 Å². The molecule has 0 bridgehead atoms. The molecule has 2 heterocycles. The minimum absolute atomic E-state index is 0.0970. The van der Waals surface area contributed by atoms with Gasteiger partial charge in [0.15, 0.2) is 0 Å². The lowest BCUT2D eigenvalue weighted by Gasteiger charge is -2.10. The van der Waals surface area contributed by atoms with Crippen molar-refractivity contribution in [1.29, 1.82) is 0 Å². The molecular weight excluding hydrogens is 268 g/mol. The first-order valence-electron chi connectivity index (χ1n) is 6.59. The predicted octanol–water partition coefficient (Wildman–Crippen LogP) is 3.07. The third kappa shape index (κ3) is 3.02. The second-order valence-electron chi connectivity index (χ2n) is 4.68. The number of carbonyl (C=O) groups is 1. The Balaban J connectivity index is 1.95. The number of pyridine rings is 1. The van der Waals surface area contributed by atoms with Gasteiger partial charge >= 0.3 is 5.97 Å². The van der Waals surface area contributed by atoms with Crippen molar-refractivity contribution < 1.29 is 14.3 Å². The van der Waals surface area contributed by atoms with Crippen molar-refractivity contribution >= 4 is 22.6 Å². The average Bonchev–Trinajstić information content (AvgIpc) is 2.97. The average molecular weight is 282 g/mol. The van der Waals surface area contributed by atoms with E-state index in [1.807, 2.05) is 36.4 Å². The summed E-state index contributed by atoms with van der Waals surface area (Å²) in [5, 5.41) is 13.2. The van der Waals surface area contributed by atoms with Gasteiger partial charge in [-0.15, -0.1) is 0 Å². The lowest BCUT2D eigenvalue weighted by Crippen LogP contribution is -2.05. The van der Waals surface area contributed by atoms with Crippen molar-refractivity contribution in [1.82, 2.24) is 4.98 Å². The SMILES string of the molecule is O=C(O)Cc1cc(NCc2ccco2)c2ccccc2n1. The molecule has 0 aliphatic carbocycles. The maximum atomic E-state index is 10.9. The second kappa shape index (κ2) is 5.66. The number of hydrogen-bond donors (Lipinski definition) is 2. The van der Waals surface area contributed by atoms with E-state index in [1.165, 1.54) is 0 Å². The van der Waals surface area contributed by atoms with E-state index in [4.69, 9.17) is 9.52 Å². The summed E-state index contributed by atoms with van der Waals surface area (Å²) >= 11 is 0. The van der Waals surface area contributed by atoms with Crippen LogP contribution in [0.2, 0.25) is 0 Å². The lowest BCUT2D eigenvalue weighted by atomic mass is 10.1. The number of nitrogens with one attached hydrogen (secondary N) is 1. The van der Waals surface area contributed by atoms with Crippen molar-refractivity contribution in [3.05, 3.63) is 60.2 Å². The molecule has 0 amide bonds. The molecule has 0 atom stereocenters. The maximum Gasteiger partial charge on any atom is 0.309 e. The number of aromatic nitrogens is 1. The number of nitrogens with zero attached hydrogens (tertiary/aromatic N) is 1.